The quantitative estimate of drug-likeness (QED) is 0.887. The van der Waals surface area contributed by atoms with E-state index >= 15 is 0 Å². The van der Waals surface area contributed by atoms with Gasteiger partial charge in [-0.2, -0.15) is 0 Å². The van der Waals surface area contributed by atoms with Gasteiger partial charge in [-0.3, -0.25) is 4.79 Å². The Labute approximate surface area is 113 Å². The minimum absolute atomic E-state index is 0.0335. The van der Waals surface area contributed by atoms with E-state index in [1.807, 2.05) is 0 Å². The molecule has 0 unspecified atom stereocenters. The van der Waals surface area contributed by atoms with Gasteiger partial charge in [0.15, 0.2) is 0 Å². The average molecular weight is 264 g/mol. The molecule has 0 saturated carbocycles. The van der Waals surface area contributed by atoms with Crippen molar-refractivity contribution in [2.75, 3.05) is 37.0 Å². The Kier molecular flexibility index (Phi) is 4.68. The number of piperidine rings is 1. The predicted molar refractivity (Wildman–Crippen MR) is 73.1 cm³/mol. The first kappa shape index (κ1) is 13.7. The number of nitrogens with zero attached hydrogens (tertiary/aromatic N) is 3. The molecule has 0 atom stereocenters. The summed E-state index contributed by atoms with van der Waals surface area (Å²) in [6.07, 6.45) is 5.62. The van der Waals surface area contributed by atoms with Crippen molar-refractivity contribution in [2.45, 2.75) is 19.8 Å². The normalized spacial score (nSPS) is 16.4. The summed E-state index contributed by atoms with van der Waals surface area (Å²) in [4.78, 5) is 22.1. The molecule has 1 aliphatic heterocycles. The van der Waals surface area contributed by atoms with Gasteiger partial charge in [0, 0.05) is 20.2 Å². The third-order valence-electron chi connectivity index (χ3n) is 3.26. The van der Waals surface area contributed by atoms with Crippen LogP contribution < -0.4 is 10.2 Å². The van der Waals surface area contributed by atoms with Gasteiger partial charge in [-0.1, -0.05) is 6.92 Å². The van der Waals surface area contributed by atoms with Crippen LogP contribution in [0.3, 0.4) is 0 Å². The molecule has 2 heterocycles. The van der Waals surface area contributed by atoms with Gasteiger partial charge < -0.3 is 15.0 Å². The number of hydrogen-bond donors (Lipinski definition) is 1. The molecule has 6 heteroatoms. The second kappa shape index (κ2) is 6.47. The molecule has 2 rings (SSSR count). The van der Waals surface area contributed by atoms with E-state index in [0.717, 1.165) is 25.0 Å². The number of rotatable bonds is 4. The van der Waals surface area contributed by atoms with Crippen LogP contribution in [0, 0.1) is 5.92 Å². The average Bonchev–Trinajstić information content (AvgIpc) is 2.41. The van der Waals surface area contributed by atoms with Crippen molar-refractivity contribution in [1.82, 2.24) is 9.97 Å². The van der Waals surface area contributed by atoms with E-state index in [-0.39, 0.29) is 12.5 Å². The van der Waals surface area contributed by atoms with Gasteiger partial charge in [0.2, 0.25) is 11.9 Å². The lowest BCUT2D eigenvalue weighted by atomic mass is 10.00. The number of amides is 1. The number of ether oxygens (including phenoxy) is 1. The van der Waals surface area contributed by atoms with Gasteiger partial charge in [0.1, 0.15) is 6.61 Å². The molecule has 1 aliphatic rings. The lowest BCUT2D eigenvalue weighted by Gasteiger charge is -2.30. The van der Waals surface area contributed by atoms with Gasteiger partial charge in [0.05, 0.1) is 18.1 Å². The standard InChI is InChI=1S/C13H20N4O2/c1-10-3-5-17(6-4-10)13-14-7-11(8-15-13)16-12(18)9-19-2/h7-8,10H,3-6,9H2,1-2H3,(H,16,18). The summed E-state index contributed by atoms with van der Waals surface area (Å²) in [6, 6.07) is 0. The summed E-state index contributed by atoms with van der Waals surface area (Å²) in [5.41, 5.74) is 0.594. The summed E-state index contributed by atoms with van der Waals surface area (Å²) >= 11 is 0. The summed E-state index contributed by atoms with van der Waals surface area (Å²) in [5, 5.41) is 2.67. The molecule has 104 valence electrons. The summed E-state index contributed by atoms with van der Waals surface area (Å²) < 4.78 is 4.74. The zero-order valence-electron chi connectivity index (χ0n) is 11.4. The van der Waals surface area contributed by atoms with E-state index in [0.29, 0.717) is 5.69 Å². The Morgan fingerprint density at radius 3 is 2.63 bits per heavy atom. The van der Waals surface area contributed by atoms with Crippen LogP contribution in [-0.2, 0) is 9.53 Å². The summed E-state index contributed by atoms with van der Waals surface area (Å²) in [5.74, 6) is 1.31. The highest BCUT2D eigenvalue weighted by atomic mass is 16.5. The maximum Gasteiger partial charge on any atom is 0.250 e. The fourth-order valence-electron chi connectivity index (χ4n) is 2.09. The lowest BCUT2D eigenvalue weighted by Crippen LogP contribution is -2.34. The second-order valence-electron chi connectivity index (χ2n) is 4.92. The molecule has 0 aromatic carbocycles. The molecule has 0 spiro atoms. The fourth-order valence-corrected chi connectivity index (χ4v) is 2.09. The number of aromatic nitrogens is 2. The number of methoxy groups -OCH3 is 1. The molecule has 1 aromatic heterocycles. The van der Waals surface area contributed by atoms with Gasteiger partial charge in [-0.25, -0.2) is 9.97 Å². The fraction of sp³-hybridized carbons (Fsp3) is 0.615. The van der Waals surface area contributed by atoms with Crippen LogP contribution in [0.5, 0.6) is 0 Å². The largest absolute Gasteiger partial charge is 0.375 e. The Morgan fingerprint density at radius 2 is 2.05 bits per heavy atom. The first-order valence-electron chi connectivity index (χ1n) is 6.55. The van der Waals surface area contributed by atoms with E-state index in [9.17, 15) is 4.79 Å². The van der Waals surface area contributed by atoms with Crippen molar-refractivity contribution in [1.29, 1.82) is 0 Å². The molecule has 1 fully saturated rings. The topological polar surface area (TPSA) is 67.3 Å². The van der Waals surface area contributed by atoms with E-state index in [4.69, 9.17) is 4.74 Å². The Bertz CT molecular complexity index is 413. The van der Waals surface area contributed by atoms with Gasteiger partial charge in [-0.15, -0.1) is 0 Å². The monoisotopic (exact) mass is 264 g/mol. The number of hydrogen-bond acceptors (Lipinski definition) is 5. The Hall–Kier alpha value is -1.69. The van der Waals surface area contributed by atoms with Crippen molar-refractivity contribution in [2.24, 2.45) is 5.92 Å². The number of carbonyl (C=O) groups excluding carboxylic acids is 1. The van der Waals surface area contributed by atoms with Crippen molar-refractivity contribution in [3.8, 4) is 0 Å². The molecular weight excluding hydrogens is 244 g/mol. The van der Waals surface area contributed by atoms with E-state index in [2.05, 4.69) is 27.1 Å². The van der Waals surface area contributed by atoms with Crippen molar-refractivity contribution in [3.05, 3.63) is 12.4 Å². The van der Waals surface area contributed by atoms with Gasteiger partial charge >= 0.3 is 0 Å². The third-order valence-corrected chi connectivity index (χ3v) is 3.26. The molecule has 1 saturated heterocycles. The third kappa shape index (κ3) is 3.89. The van der Waals surface area contributed by atoms with Crippen LogP contribution in [0.2, 0.25) is 0 Å². The molecule has 0 bridgehead atoms. The molecule has 0 aliphatic carbocycles. The predicted octanol–water partition coefficient (Wildman–Crippen LogP) is 1.30. The Morgan fingerprint density at radius 1 is 1.42 bits per heavy atom. The van der Waals surface area contributed by atoms with Crippen LogP contribution in [0.4, 0.5) is 11.6 Å². The zero-order chi connectivity index (χ0) is 13.7. The maximum atomic E-state index is 11.3. The number of anilines is 2. The molecule has 1 N–H and O–H groups in total. The molecule has 1 aromatic rings. The van der Waals surface area contributed by atoms with Crippen molar-refractivity contribution >= 4 is 17.5 Å². The Balaban J connectivity index is 1.92. The minimum atomic E-state index is -0.203. The highest BCUT2D eigenvalue weighted by Gasteiger charge is 2.17. The summed E-state index contributed by atoms with van der Waals surface area (Å²) in [6.45, 7) is 4.30. The van der Waals surface area contributed by atoms with Gasteiger partial charge in [-0.05, 0) is 18.8 Å². The van der Waals surface area contributed by atoms with Crippen LogP contribution >= 0.6 is 0 Å². The molecule has 19 heavy (non-hydrogen) atoms. The summed E-state index contributed by atoms with van der Waals surface area (Å²) in [7, 11) is 1.48. The minimum Gasteiger partial charge on any atom is -0.375 e. The first-order chi connectivity index (χ1) is 9.19. The smallest absolute Gasteiger partial charge is 0.250 e. The lowest BCUT2D eigenvalue weighted by molar-refractivity contribution is -0.119. The number of carbonyl (C=O) groups is 1. The number of nitrogens with one attached hydrogen (secondary N) is 1. The highest BCUT2D eigenvalue weighted by Crippen LogP contribution is 2.20. The zero-order valence-corrected chi connectivity index (χ0v) is 11.4. The van der Waals surface area contributed by atoms with Crippen LogP contribution in [0.15, 0.2) is 12.4 Å². The second-order valence-corrected chi connectivity index (χ2v) is 4.92. The molecule has 0 radical (unpaired) electrons. The molecule has 6 nitrogen and oxygen atoms in total. The van der Waals surface area contributed by atoms with Crippen LogP contribution in [0.1, 0.15) is 19.8 Å². The van der Waals surface area contributed by atoms with Crippen molar-refractivity contribution in [3.63, 3.8) is 0 Å². The maximum absolute atomic E-state index is 11.3. The highest BCUT2D eigenvalue weighted by molar-refractivity contribution is 5.91. The first-order valence-corrected chi connectivity index (χ1v) is 6.55. The molecular formula is C13H20N4O2. The van der Waals surface area contributed by atoms with E-state index in [1.54, 1.807) is 12.4 Å². The van der Waals surface area contributed by atoms with Crippen molar-refractivity contribution < 1.29 is 9.53 Å². The van der Waals surface area contributed by atoms with Crippen LogP contribution in [0.25, 0.3) is 0 Å². The molecule has 1 amide bonds. The van der Waals surface area contributed by atoms with E-state index < -0.39 is 0 Å². The van der Waals surface area contributed by atoms with Gasteiger partial charge in [0.25, 0.3) is 0 Å². The van der Waals surface area contributed by atoms with E-state index in [1.165, 1.54) is 20.0 Å². The van der Waals surface area contributed by atoms with Crippen LogP contribution in [-0.4, -0.2) is 42.7 Å². The SMILES string of the molecule is COCC(=O)Nc1cnc(N2CCC(C)CC2)nc1.